The molecule has 0 aliphatic carbocycles. The number of pyridine rings is 1. The topological polar surface area (TPSA) is 67.7 Å². The number of amidine groups is 1. The second-order valence-corrected chi connectivity index (χ2v) is 11.1. The molecule has 0 amide bonds. The summed E-state index contributed by atoms with van der Waals surface area (Å²) in [4.78, 5) is 4.82. The van der Waals surface area contributed by atoms with Crippen molar-refractivity contribution in [2.75, 3.05) is 0 Å². The standard InChI is InChI=1S/C40H28N4/c41-40(42)35-16-9-17-38(43-35)44-36-21-19-28-14-7-8-15-33(28)39(36)34-20-18-29(25-37(34)44)32-23-30(26-10-3-1-4-11-26)22-31(24-32)27-12-5-2-6-13-27/h1-25H,(H3,41,42). The van der Waals surface area contributed by atoms with E-state index in [1.165, 1.54) is 38.4 Å². The zero-order valence-electron chi connectivity index (χ0n) is 23.9. The third-order valence-corrected chi connectivity index (χ3v) is 8.38. The van der Waals surface area contributed by atoms with Crippen LogP contribution in [0.25, 0.3) is 71.8 Å². The number of nitrogens with zero attached hydrogens (tertiary/aromatic N) is 2. The molecule has 0 bridgehead atoms. The highest BCUT2D eigenvalue weighted by atomic mass is 15.1. The Labute approximate surface area is 255 Å². The number of hydrogen-bond donors (Lipinski definition) is 2. The lowest BCUT2D eigenvalue weighted by atomic mass is 9.93. The minimum Gasteiger partial charge on any atom is -0.382 e. The van der Waals surface area contributed by atoms with E-state index in [-0.39, 0.29) is 5.84 Å². The van der Waals surface area contributed by atoms with E-state index in [0.29, 0.717) is 5.69 Å². The molecular weight excluding hydrogens is 536 g/mol. The minimum absolute atomic E-state index is 0.0510. The van der Waals surface area contributed by atoms with Gasteiger partial charge >= 0.3 is 0 Å². The number of rotatable bonds is 5. The van der Waals surface area contributed by atoms with Crippen molar-refractivity contribution in [1.29, 1.82) is 5.41 Å². The maximum absolute atomic E-state index is 8.03. The molecule has 0 aliphatic heterocycles. The number of nitrogens with two attached hydrogens (primary N) is 1. The van der Waals surface area contributed by atoms with Crippen molar-refractivity contribution in [3.63, 3.8) is 0 Å². The minimum atomic E-state index is -0.0510. The molecule has 0 aliphatic rings. The second-order valence-electron chi connectivity index (χ2n) is 11.1. The first-order valence-corrected chi connectivity index (χ1v) is 14.7. The number of nitrogens with one attached hydrogen (secondary N) is 1. The van der Waals surface area contributed by atoms with Crippen LogP contribution < -0.4 is 5.73 Å². The number of aromatic nitrogens is 2. The van der Waals surface area contributed by atoms with E-state index in [9.17, 15) is 0 Å². The maximum atomic E-state index is 8.03. The lowest BCUT2D eigenvalue weighted by molar-refractivity contribution is 1.07. The van der Waals surface area contributed by atoms with Crippen molar-refractivity contribution in [2.45, 2.75) is 0 Å². The van der Waals surface area contributed by atoms with Gasteiger partial charge in [0.15, 0.2) is 0 Å². The van der Waals surface area contributed by atoms with Gasteiger partial charge < -0.3 is 5.73 Å². The third-order valence-electron chi connectivity index (χ3n) is 8.38. The van der Waals surface area contributed by atoms with Gasteiger partial charge in [0, 0.05) is 10.8 Å². The van der Waals surface area contributed by atoms with E-state index in [2.05, 4.69) is 138 Å². The van der Waals surface area contributed by atoms with Crippen LogP contribution in [0.15, 0.2) is 152 Å². The summed E-state index contributed by atoms with van der Waals surface area (Å²) in [5, 5.41) is 12.7. The Kier molecular flexibility index (Phi) is 6.05. The molecule has 3 N–H and O–H groups in total. The van der Waals surface area contributed by atoms with Gasteiger partial charge in [0.25, 0.3) is 0 Å². The summed E-state index contributed by atoms with van der Waals surface area (Å²) in [5.41, 5.74) is 15.4. The molecule has 4 heteroatoms. The molecule has 2 aromatic heterocycles. The van der Waals surface area contributed by atoms with Crippen LogP contribution in [0, 0.1) is 5.41 Å². The fourth-order valence-electron chi connectivity index (χ4n) is 6.30. The molecule has 2 heterocycles. The Morgan fingerprint density at radius 1 is 0.500 bits per heavy atom. The van der Waals surface area contributed by atoms with E-state index in [4.69, 9.17) is 16.1 Å². The monoisotopic (exact) mass is 564 g/mol. The molecule has 8 aromatic rings. The average molecular weight is 565 g/mol. The van der Waals surface area contributed by atoms with Gasteiger partial charge in [0.05, 0.1) is 11.0 Å². The zero-order valence-corrected chi connectivity index (χ0v) is 23.9. The Morgan fingerprint density at radius 2 is 1.14 bits per heavy atom. The first kappa shape index (κ1) is 25.7. The largest absolute Gasteiger partial charge is 0.382 e. The van der Waals surface area contributed by atoms with Gasteiger partial charge in [-0.1, -0.05) is 109 Å². The van der Waals surface area contributed by atoms with Gasteiger partial charge in [-0.05, 0) is 86.6 Å². The summed E-state index contributed by atoms with van der Waals surface area (Å²) in [6.07, 6.45) is 0. The van der Waals surface area contributed by atoms with Gasteiger partial charge in [-0.15, -0.1) is 0 Å². The lowest BCUT2D eigenvalue weighted by Crippen LogP contribution is -2.14. The summed E-state index contributed by atoms with van der Waals surface area (Å²) in [7, 11) is 0. The fraction of sp³-hybridized carbons (Fsp3) is 0. The van der Waals surface area contributed by atoms with Crippen molar-refractivity contribution >= 4 is 38.4 Å². The summed E-state index contributed by atoms with van der Waals surface area (Å²) in [5.74, 6) is 0.679. The van der Waals surface area contributed by atoms with Crippen LogP contribution in [0.2, 0.25) is 0 Å². The van der Waals surface area contributed by atoms with E-state index < -0.39 is 0 Å². The zero-order chi connectivity index (χ0) is 29.6. The quantitative estimate of drug-likeness (QED) is 0.161. The molecule has 4 nitrogen and oxygen atoms in total. The van der Waals surface area contributed by atoms with Crippen molar-refractivity contribution in [3.8, 4) is 39.2 Å². The first-order valence-electron chi connectivity index (χ1n) is 14.7. The molecule has 0 unspecified atom stereocenters. The molecule has 6 aromatic carbocycles. The Balaban J connectivity index is 1.42. The summed E-state index contributed by atoms with van der Waals surface area (Å²) in [6.45, 7) is 0. The summed E-state index contributed by atoms with van der Waals surface area (Å²) < 4.78 is 2.20. The first-order chi connectivity index (χ1) is 21.6. The molecule has 0 fully saturated rings. The maximum Gasteiger partial charge on any atom is 0.141 e. The van der Waals surface area contributed by atoms with Crippen LogP contribution in [0.4, 0.5) is 0 Å². The van der Waals surface area contributed by atoms with Crippen LogP contribution >= 0.6 is 0 Å². The predicted molar refractivity (Wildman–Crippen MR) is 183 cm³/mol. The van der Waals surface area contributed by atoms with Gasteiger partial charge in [-0.3, -0.25) is 9.98 Å². The van der Waals surface area contributed by atoms with E-state index >= 15 is 0 Å². The smallest absolute Gasteiger partial charge is 0.141 e. The number of nitrogen functional groups attached to an aromatic ring is 1. The molecule has 8 rings (SSSR count). The van der Waals surface area contributed by atoms with Crippen LogP contribution in [-0.4, -0.2) is 15.4 Å². The highest BCUT2D eigenvalue weighted by Crippen LogP contribution is 2.39. The molecule has 0 atom stereocenters. The van der Waals surface area contributed by atoms with Crippen LogP contribution in [0.1, 0.15) is 5.69 Å². The van der Waals surface area contributed by atoms with E-state index in [1.807, 2.05) is 12.1 Å². The highest BCUT2D eigenvalue weighted by molar-refractivity contribution is 6.21. The molecule has 0 radical (unpaired) electrons. The third kappa shape index (κ3) is 4.32. The molecular formula is C40H28N4. The summed E-state index contributed by atoms with van der Waals surface area (Å²) in [6, 6.07) is 53.2. The molecule has 0 saturated heterocycles. The molecule has 208 valence electrons. The van der Waals surface area contributed by atoms with Crippen LogP contribution in [0.5, 0.6) is 0 Å². The average Bonchev–Trinajstić information content (AvgIpc) is 3.43. The van der Waals surface area contributed by atoms with Gasteiger partial charge in [0.1, 0.15) is 17.3 Å². The van der Waals surface area contributed by atoms with Crippen molar-refractivity contribution in [3.05, 3.63) is 157 Å². The Morgan fingerprint density at radius 3 is 1.82 bits per heavy atom. The molecule has 0 saturated carbocycles. The number of hydrogen-bond acceptors (Lipinski definition) is 2. The predicted octanol–water partition coefficient (Wildman–Crippen LogP) is 9.62. The molecule has 44 heavy (non-hydrogen) atoms. The highest BCUT2D eigenvalue weighted by Gasteiger charge is 2.17. The Hall–Kier alpha value is -6.00. The van der Waals surface area contributed by atoms with Gasteiger partial charge in [-0.2, -0.15) is 0 Å². The van der Waals surface area contributed by atoms with E-state index in [0.717, 1.165) is 33.4 Å². The Bertz CT molecular complexity index is 2290. The summed E-state index contributed by atoms with van der Waals surface area (Å²) >= 11 is 0. The number of fused-ring (bicyclic) bond motifs is 5. The van der Waals surface area contributed by atoms with Gasteiger partial charge in [0.2, 0.25) is 0 Å². The molecule has 0 spiro atoms. The van der Waals surface area contributed by atoms with Crippen LogP contribution in [-0.2, 0) is 0 Å². The SMILES string of the molecule is N=C(N)c1cccc(-n2c3cc(-c4cc(-c5ccccc5)cc(-c5ccccc5)c4)ccc3c3c4ccccc4ccc32)n1. The van der Waals surface area contributed by atoms with Crippen molar-refractivity contribution in [1.82, 2.24) is 9.55 Å². The van der Waals surface area contributed by atoms with Crippen LogP contribution in [0.3, 0.4) is 0 Å². The van der Waals surface area contributed by atoms with Crippen molar-refractivity contribution < 1.29 is 0 Å². The normalized spacial score (nSPS) is 11.4. The van der Waals surface area contributed by atoms with Crippen molar-refractivity contribution in [2.24, 2.45) is 5.73 Å². The fourth-order valence-corrected chi connectivity index (χ4v) is 6.30. The van der Waals surface area contributed by atoms with E-state index in [1.54, 1.807) is 6.07 Å². The van der Waals surface area contributed by atoms with Gasteiger partial charge in [-0.25, -0.2) is 4.98 Å². The lowest BCUT2D eigenvalue weighted by Gasteiger charge is -2.12. The number of benzene rings is 6. The second kappa shape index (κ2) is 10.4.